The third-order valence-corrected chi connectivity index (χ3v) is 6.39. The van der Waals surface area contributed by atoms with E-state index in [9.17, 15) is 9.59 Å². The normalized spacial score (nSPS) is 20.2. The van der Waals surface area contributed by atoms with Gasteiger partial charge in [0.1, 0.15) is 5.69 Å². The summed E-state index contributed by atoms with van der Waals surface area (Å²) in [5, 5.41) is 10.8. The molecule has 1 spiro atoms. The molecule has 29 heavy (non-hydrogen) atoms. The van der Waals surface area contributed by atoms with Crippen molar-refractivity contribution in [3.63, 3.8) is 0 Å². The van der Waals surface area contributed by atoms with Crippen LogP contribution < -0.4 is 5.32 Å². The lowest BCUT2D eigenvalue weighted by atomic mass is 9.90. The fraction of sp³-hybridized carbons (Fsp3) is 0.429. The van der Waals surface area contributed by atoms with Crippen LogP contribution in [0.5, 0.6) is 0 Å². The number of furan rings is 1. The van der Waals surface area contributed by atoms with E-state index in [4.69, 9.17) is 4.42 Å². The number of aryl methyl sites for hydroxylation is 1. The first-order valence-electron chi connectivity index (χ1n) is 9.97. The van der Waals surface area contributed by atoms with Gasteiger partial charge in [-0.05, 0) is 55.7 Å². The van der Waals surface area contributed by atoms with Gasteiger partial charge in [0.25, 0.3) is 11.8 Å². The van der Waals surface area contributed by atoms with Crippen molar-refractivity contribution < 1.29 is 14.0 Å². The minimum atomic E-state index is -0.190. The van der Waals surface area contributed by atoms with Crippen molar-refractivity contribution in [1.82, 2.24) is 25.4 Å². The molecule has 0 bridgehead atoms. The smallest absolute Gasteiger partial charge is 0.287 e. The number of hydrogen-bond acceptors (Lipinski definition) is 5. The number of pyridine rings is 1. The van der Waals surface area contributed by atoms with Gasteiger partial charge in [-0.3, -0.25) is 19.7 Å². The van der Waals surface area contributed by atoms with Gasteiger partial charge in [-0.2, -0.15) is 5.10 Å². The van der Waals surface area contributed by atoms with Gasteiger partial charge < -0.3 is 14.6 Å². The predicted molar refractivity (Wildman–Crippen MR) is 105 cm³/mol. The summed E-state index contributed by atoms with van der Waals surface area (Å²) in [5.74, 6) is 0.582. The molecule has 1 aliphatic carbocycles. The Morgan fingerprint density at radius 1 is 1.34 bits per heavy atom. The Labute approximate surface area is 167 Å². The maximum Gasteiger partial charge on any atom is 0.287 e. The average molecular weight is 393 g/mol. The standard InChI is InChI=1S/C21H23N5O3/c1-13-8-16(25-24-13)20(28)26-6-3-21(4-7-26)10-15(21)11-23-19(27)17-9-14-2-5-22-12-18(14)29-17/h2,5,8-9,12,15H,3-4,6-7,10-11H2,1H3,(H,23,27)(H,24,25). The summed E-state index contributed by atoms with van der Waals surface area (Å²) in [6, 6.07) is 5.36. The van der Waals surface area contributed by atoms with E-state index in [0.717, 1.165) is 43.4 Å². The summed E-state index contributed by atoms with van der Waals surface area (Å²) in [6.45, 7) is 4.01. The van der Waals surface area contributed by atoms with Crippen molar-refractivity contribution >= 4 is 22.8 Å². The lowest BCUT2D eigenvalue weighted by molar-refractivity contribution is 0.0662. The lowest BCUT2D eigenvalue weighted by Crippen LogP contribution is -2.40. The second-order valence-corrected chi connectivity index (χ2v) is 8.23. The summed E-state index contributed by atoms with van der Waals surface area (Å²) >= 11 is 0. The topological polar surface area (TPSA) is 104 Å². The Morgan fingerprint density at radius 3 is 2.90 bits per heavy atom. The highest BCUT2D eigenvalue weighted by atomic mass is 16.3. The summed E-state index contributed by atoms with van der Waals surface area (Å²) < 4.78 is 5.58. The first-order chi connectivity index (χ1) is 14.0. The minimum Gasteiger partial charge on any atom is -0.449 e. The lowest BCUT2D eigenvalue weighted by Gasteiger charge is -2.32. The Kier molecular flexibility index (Phi) is 4.15. The molecule has 3 aromatic heterocycles. The van der Waals surface area contributed by atoms with Crippen molar-refractivity contribution in [3.8, 4) is 0 Å². The quantitative estimate of drug-likeness (QED) is 0.709. The van der Waals surface area contributed by atoms with Gasteiger partial charge in [-0.15, -0.1) is 0 Å². The van der Waals surface area contributed by atoms with E-state index in [1.54, 1.807) is 24.5 Å². The van der Waals surface area contributed by atoms with Crippen molar-refractivity contribution in [1.29, 1.82) is 0 Å². The first-order valence-corrected chi connectivity index (χ1v) is 9.97. The largest absolute Gasteiger partial charge is 0.449 e. The van der Waals surface area contributed by atoms with Crippen LogP contribution in [0.3, 0.4) is 0 Å². The summed E-state index contributed by atoms with van der Waals surface area (Å²) in [4.78, 5) is 30.9. The molecule has 2 fully saturated rings. The molecule has 4 heterocycles. The summed E-state index contributed by atoms with van der Waals surface area (Å²) in [5.41, 5.74) is 2.24. The number of nitrogens with one attached hydrogen (secondary N) is 2. The number of aromatic nitrogens is 3. The van der Waals surface area contributed by atoms with Crippen LogP contribution >= 0.6 is 0 Å². The fourth-order valence-electron chi connectivity index (χ4n) is 4.48. The highest BCUT2D eigenvalue weighted by Gasteiger charge is 2.54. The number of rotatable bonds is 4. The van der Waals surface area contributed by atoms with Gasteiger partial charge in [0.2, 0.25) is 0 Å². The zero-order chi connectivity index (χ0) is 20.0. The van der Waals surface area contributed by atoms with Crippen LogP contribution in [0.4, 0.5) is 0 Å². The monoisotopic (exact) mass is 393 g/mol. The number of aromatic amines is 1. The zero-order valence-electron chi connectivity index (χ0n) is 16.3. The number of likely N-dealkylation sites (tertiary alicyclic amines) is 1. The van der Waals surface area contributed by atoms with Gasteiger partial charge in [0, 0.05) is 36.9 Å². The van der Waals surface area contributed by atoms with E-state index in [1.807, 2.05) is 17.9 Å². The summed E-state index contributed by atoms with van der Waals surface area (Å²) in [7, 11) is 0. The van der Waals surface area contributed by atoms with Crippen molar-refractivity contribution in [2.75, 3.05) is 19.6 Å². The van der Waals surface area contributed by atoms with Gasteiger partial charge in [0.15, 0.2) is 11.3 Å². The number of carbonyl (C=O) groups excluding carboxylic acids is 2. The number of nitrogens with zero attached hydrogens (tertiary/aromatic N) is 3. The molecular weight excluding hydrogens is 370 g/mol. The zero-order valence-corrected chi connectivity index (χ0v) is 16.3. The molecule has 0 aromatic carbocycles. The van der Waals surface area contributed by atoms with Crippen LogP contribution in [-0.4, -0.2) is 51.5 Å². The average Bonchev–Trinajstić information content (AvgIpc) is 3.08. The molecule has 1 unspecified atom stereocenters. The van der Waals surface area contributed by atoms with Crippen molar-refractivity contribution in [2.24, 2.45) is 11.3 Å². The van der Waals surface area contributed by atoms with Crippen LogP contribution in [0.15, 0.2) is 35.0 Å². The number of hydrogen-bond donors (Lipinski definition) is 2. The molecule has 8 heteroatoms. The van der Waals surface area contributed by atoms with Crippen LogP contribution in [0.25, 0.3) is 11.0 Å². The van der Waals surface area contributed by atoms with Crippen LogP contribution in [-0.2, 0) is 0 Å². The van der Waals surface area contributed by atoms with Crippen molar-refractivity contribution in [3.05, 3.63) is 47.7 Å². The van der Waals surface area contributed by atoms with Crippen LogP contribution in [0.1, 0.15) is 46.0 Å². The van der Waals surface area contributed by atoms with E-state index in [0.29, 0.717) is 29.5 Å². The number of H-pyrrole nitrogens is 1. The Hall–Kier alpha value is -3.16. The second kappa shape index (κ2) is 6.72. The second-order valence-electron chi connectivity index (χ2n) is 8.23. The Balaban J connectivity index is 1.13. The molecule has 150 valence electrons. The Bertz CT molecular complexity index is 1040. The van der Waals surface area contributed by atoms with Gasteiger partial charge >= 0.3 is 0 Å². The van der Waals surface area contributed by atoms with Gasteiger partial charge in [-0.1, -0.05) is 0 Å². The molecule has 1 atom stereocenters. The highest BCUT2D eigenvalue weighted by Crippen LogP contribution is 2.59. The molecule has 1 saturated carbocycles. The maximum atomic E-state index is 12.5. The molecule has 5 rings (SSSR count). The predicted octanol–water partition coefficient (Wildman–Crippen LogP) is 2.53. The first kappa shape index (κ1) is 17.9. The SMILES string of the molecule is Cc1cc(C(=O)N2CCC3(CC2)CC3CNC(=O)c2cc3ccncc3o2)n[nH]1. The van der Waals surface area contributed by atoms with E-state index >= 15 is 0 Å². The van der Waals surface area contributed by atoms with Crippen LogP contribution in [0.2, 0.25) is 0 Å². The van der Waals surface area contributed by atoms with E-state index < -0.39 is 0 Å². The highest BCUT2D eigenvalue weighted by molar-refractivity contribution is 5.96. The van der Waals surface area contributed by atoms with Gasteiger partial charge in [0.05, 0.1) is 6.20 Å². The number of carbonyl (C=O) groups is 2. The molecule has 3 aromatic rings. The molecule has 0 radical (unpaired) electrons. The molecule has 8 nitrogen and oxygen atoms in total. The Morgan fingerprint density at radius 2 is 2.17 bits per heavy atom. The van der Waals surface area contributed by atoms with Crippen LogP contribution in [0, 0.1) is 18.3 Å². The minimum absolute atomic E-state index is 0.00548. The number of amides is 2. The number of fused-ring (bicyclic) bond motifs is 1. The van der Waals surface area contributed by atoms with E-state index in [-0.39, 0.29) is 17.2 Å². The maximum absolute atomic E-state index is 12.5. The van der Waals surface area contributed by atoms with Gasteiger partial charge in [-0.25, -0.2) is 0 Å². The molecule has 1 saturated heterocycles. The molecule has 2 aliphatic rings. The van der Waals surface area contributed by atoms with Crippen molar-refractivity contribution in [2.45, 2.75) is 26.2 Å². The van der Waals surface area contributed by atoms with E-state index in [1.165, 1.54) is 0 Å². The fourth-order valence-corrected chi connectivity index (χ4v) is 4.48. The molecule has 1 aliphatic heterocycles. The molecule has 2 amide bonds. The summed E-state index contributed by atoms with van der Waals surface area (Å²) in [6.07, 6.45) is 6.33. The van der Waals surface area contributed by atoms with E-state index in [2.05, 4.69) is 20.5 Å². The number of piperidine rings is 1. The molecule has 2 N–H and O–H groups in total. The third-order valence-electron chi connectivity index (χ3n) is 6.39. The third kappa shape index (κ3) is 3.28. The molecular formula is C21H23N5O3.